The van der Waals surface area contributed by atoms with E-state index in [2.05, 4.69) is 4.99 Å². The predicted molar refractivity (Wildman–Crippen MR) is 102 cm³/mol. The summed E-state index contributed by atoms with van der Waals surface area (Å²) < 4.78 is 76.7. The maximum Gasteiger partial charge on any atom is 0.449 e. The van der Waals surface area contributed by atoms with Gasteiger partial charge >= 0.3 is 6.18 Å². The maximum absolute atomic E-state index is 15.1. The van der Waals surface area contributed by atoms with Crippen LogP contribution in [0.5, 0.6) is 17.2 Å². The van der Waals surface area contributed by atoms with E-state index in [9.17, 15) is 13.2 Å². The molecule has 4 aliphatic rings. The van der Waals surface area contributed by atoms with Gasteiger partial charge in [-0.05, 0) is 18.2 Å². The van der Waals surface area contributed by atoms with Crippen LogP contribution in [0.25, 0.3) is 0 Å². The molecule has 0 aliphatic carbocycles. The van der Waals surface area contributed by atoms with E-state index in [4.69, 9.17) is 18.6 Å². The lowest BCUT2D eigenvalue weighted by atomic mass is 9.76. The fourth-order valence-electron chi connectivity index (χ4n) is 4.98. The number of anilines is 1. The third-order valence-electron chi connectivity index (χ3n) is 6.33. The molecule has 2 aromatic carbocycles. The number of ether oxygens (including phenoxy) is 3. The first kappa shape index (κ1) is 17.9. The number of hydrogen-bond acceptors (Lipinski definition) is 6. The van der Waals surface area contributed by atoms with Gasteiger partial charge in [-0.2, -0.15) is 18.2 Å². The number of nitrogens with zero attached hydrogens (tertiary/aromatic N) is 2. The lowest BCUT2D eigenvalue weighted by Crippen LogP contribution is -2.43. The second kappa shape index (κ2) is 5.56. The normalized spacial score (nSPS) is 21.8. The minimum Gasteiger partial charge on any atom is -0.491 e. The van der Waals surface area contributed by atoms with Crippen LogP contribution in [-0.4, -0.2) is 19.2 Å². The molecule has 1 unspecified atom stereocenters. The Morgan fingerprint density at radius 2 is 1.78 bits per heavy atom. The van der Waals surface area contributed by atoms with Crippen LogP contribution in [0, 0.1) is 5.82 Å². The molecule has 4 aliphatic heterocycles. The van der Waals surface area contributed by atoms with Gasteiger partial charge in [-0.1, -0.05) is 12.1 Å². The lowest BCUT2D eigenvalue weighted by molar-refractivity contribution is -0.152. The van der Waals surface area contributed by atoms with Crippen molar-refractivity contribution in [2.75, 3.05) is 18.3 Å². The van der Waals surface area contributed by atoms with Gasteiger partial charge in [0.2, 0.25) is 18.4 Å². The lowest BCUT2D eigenvalue weighted by Gasteiger charge is -2.29. The van der Waals surface area contributed by atoms with E-state index in [-0.39, 0.29) is 37.1 Å². The topological polar surface area (TPSA) is 56.4 Å². The highest BCUT2D eigenvalue weighted by Crippen LogP contribution is 2.57. The largest absolute Gasteiger partial charge is 0.491 e. The van der Waals surface area contributed by atoms with Crippen molar-refractivity contribution >= 4 is 17.4 Å². The quantitative estimate of drug-likeness (QED) is 0.462. The Hall–Kier alpha value is -3.69. The average molecular weight is 444 g/mol. The van der Waals surface area contributed by atoms with Crippen molar-refractivity contribution in [3.05, 3.63) is 64.7 Å². The highest BCUT2D eigenvalue weighted by atomic mass is 19.4. The Bertz CT molecular complexity index is 1360. The minimum absolute atomic E-state index is 0.0106. The van der Waals surface area contributed by atoms with Gasteiger partial charge in [-0.25, -0.2) is 4.39 Å². The number of para-hydroxylation sites is 1. The number of fused-ring (bicyclic) bond motifs is 9. The smallest absolute Gasteiger partial charge is 0.449 e. The number of hydrogen-bond donors (Lipinski definition) is 0. The summed E-state index contributed by atoms with van der Waals surface area (Å²) in [5.74, 6) is 0.154. The SMILES string of the molecule is Fc1cccc2c1N1Cc3cc(C(F)(F)F)oc3N=C1C21COc2cc3c(cc21)OCO3. The summed E-state index contributed by atoms with van der Waals surface area (Å²) in [7, 11) is 0. The zero-order valence-corrected chi connectivity index (χ0v) is 16.1. The Morgan fingerprint density at radius 1 is 0.969 bits per heavy atom. The molecule has 0 amide bonds. The first-order valence-electron chi connectivity index (χ1n) is 9.79. The van der Waals surface area contributed by atoms with Crippen molar-refractivity contribution in [3.63, 3.8) is 0 Å². The number of furan rings is 1. The number of rotatable bonds is 0. The molecule has 0 bridgehead atoms. The third kappa shape index (κ3) is 2.07. The molecule has 5 heterocycles. The van der Waals surface area contributed by atoms with E-state index >= 15 is 4.39 Å². The summed E-state index contributed by atoms with van der Waals surface area (Å²) in [4.78, 5) is 6.09. The van der Waals surface area contributed by atoms with E-state index in [0.717, 1.165) is 6.07 Å². The van der Waals surface area contributed by atoms with Crippen LogP contribution in [0.2, 0.25) is 0 Å². The summed E-state index contributed by atoms with van der Waals surface area (Å²) in [6.07, 6.45) is -4.65. The molecule has 1 spiro atoms. The summed E-state index contributed by atoms with van der Waals surface area (Å²) in [6, 6.07) is 9.09. The maximum atomic E-state index is 15.1. The number of alkyl halides is 3. The number of aliphatic imine (C=N–C) groups is 1. The summed E-state index contributed by atoms with van der Waals surface area (Å²) >= 11 is 0. The van der Waals surface area contributed by atoms with E-state index in [1.165, 1.54) is 6.07 Å². The van der Waals surface area contributed by atoms with Crippen molar-refractivity contribution in [2.24, 2.45) is 4.99 Å². The molecule has 0 N–H and O–H groups in total. The first-order chi connectivity index (χ1) is 15.4. The zero-order chi connectivity index (χ0) is 21.8. The van der Waals surface area contributed by atoms with Gasteiger partial charge in [0, 0.05) is 22.8 Å². The average Bonchev–Trinajstić information content (AvgIpc) is 3.50. The molecule has 0 saturated heterocycles. The molecule has 0 radical (unpaired) electrons. The van der Waals surface area contributed by atoms with Crippen LogP contribution < -0.4 is 19.1 Å². The van der Waals surface area contributed by atoms with Gasteiger partial charge in [0.15, 0.2) is 11.5 Å². The van der Waals surface area contributed by atoms with Gasteiger partial charge in [0.25, 0.3) is 0 Å². The summed E-state index contributed by atoms with van der Waals surface area (Å²) in [6.45, 7) is 0.155. The van der Waals surface area contributed by atoms with Crippen molar-refractivity contribution < 1.29 is 36.2 Å². The van der Waals surface area contributed by atoms with Gasteiger partial charge in [-0.3, -0.25) is 0 Å². The van der Waals surface area contributed by atoms with Crippen molar-refractivity contribution in [1.82, 2.24) is 0 Å². The Labute approximate surface area is 177 Å². The first-order valence-corrected chi connectivity index (χ1v) is 9.79. The van der Waals surface area contributed by atoms with Crippen LogP contribution >= 0.6 is 0 Å². The number of halogens is 4. The van der Waals surface area contributed by atoms with E-state index in [1.54, 1.807) is 29.2 Å². The third-order valence-corrected chi connectivity index (χ3v) is 6.33. The number of amidine groups is 1. The fourth-order valence-corrected chi connectivity index (χ4v) is 4.98. The molecule has 7 rings (SSSR count). The molecule has 162 valence electrons. The molecule has 6 nitrogen and oxygen atoms in total. The van der Waals surface area contributed by atoms with Crippen LogP contribution in [0.4, 0.5) is 29.1 Å². The van der Waals surface area contributed by atoms with Gasteiger partial charge < -0.3 is 23.5 Å². The van der Waals surface area contributed by atoms with Crippen molar-refractivity contribution in [1.29, 1.82) is 0 Å². The zero-order valence-electron chi connectivity index (χ0n) is 16.1. The summed E-state index contributed by atoms with van der Waals surface area (Å²) in [5, 5.41) is 0. The Morgan fingerprint density at radius 3 is 2.59 bits per heavy atom. The van der Waals surface area contributed by atoms with Crippen molar-refractivity contribution in [2.45, 2.75) is 18.1 Å². The van der Waals surface area contributed by atoms with Crippen LogP contribution in [0.15, 0.2) is 45.8 Å². The molecule has 1 aromatic heterocycles. The van der Waals surface area contributed by atoms with Gasteiger partial charge in [0.1, 0.15) is 29.4 Å². The van der Waals surface area contributed by atoms with E-state index in [0.29, 0.717) is 34.2 Å². The van der Waals surface area contributed by atoms with Crippen LogP contribution in [0.3, 0.4) is 0 Å². The Kier molecular flexibility index (Phi) is 3.12. The molecular formula is C22H12F4N2O4. The Balaban J connectivity index is 1.50. The van der Waals surface area contributed by atoms with Gasteiger partial charge in [-0.15, -0.1) is 0 Å². The second-order valence-electron chi connectivity index (χ2n) is 7.99. The van der Waals surface area contributed by atoms with Gasteiger partial charge in [0.05, 0.1) is 12.2 Å². The predicted octanol–water partition coefficient (Wildman–Crippen LogP) is 4.91. The monoisotopic (exact) mass is 444 g/mol. The summed E-state index contributed by atoms with van der Waals surface area (Å²) in [5.41, 5.74) is 0.769. The number of benzene rings is 2. The minimum atomic E-state index is -4.65. The van der Waals surface area contributed by atoms with Crippen molar-refractivity contribution in [3.8, 4) is 17.2 Å². The second-order valence-corrected chi connectivity index (χ2v) is 7.99. The fraction of sp³-hybridized carbons (Fsp3) is 0.227. The highest BCUT2D eigenvalue weighted by molar-refractivity contribution is 6.16. The standard InChI is InChI=1S/C22H12F4N2O4/c23-13-3-1-2-11-18(13)28-7-10-4-17(22(24,25)26)32-19(10)27-20(28)21(11)8-29-14-6-16-15(5-12(14)21)30-9-31-16/h1-6H,7-9H2. The van der Waals surface area contributed by atoms with Crippen LogP contribution in [0.1, 0.15) is 22.5 Å². The highest BCUT2D eigenvalue weighted by Gasteiger charge is 2.57. The molecule has 3 aromatic rings. The molecule has 0 saturated carbocycles. The van der Waals surface area contributed by atoms with E-state index < -0.39 is 23.2 Å². The molecule has 32 heavy (non-hydrogen) atoms. The molecule has 1 atom stereocenters. The van der Waals surface area contributed by atoms with E-state index in [1.807, 2.05) is 0 Å². The molecule has 0 fully saturated rings. The molecule has 10 heteroatoms. The van der Waals surface area contributed by atoms with Crippen LogP contribution in [-0.2, 0) is 18.1 Å². The molecular weight excluding hydrogens is 432 g/mol.